The van der Waals surface area contributed by atoms with Crippen molar-refractivity contribution in [3.8, 4) is 22.6 Å². The van der Waals surface area contributed by atoms with Crippen LogP contribution in [0.5, 0.6) is 0 Å². The van der Waals surface area contributed by atoms with E-state index in [1.54, 1.807) is 20.8 Å². The van der Waals surface area contributed by atoms with E-state index in [4.69, 9.17) is 9.72 Å². The third-order valence-corrected chi connectivity index (χ3v) is 5.61. The number of fused-ring (bicyclic) bond motifs is 1. The van der Waals surface area contributed by atoms with Crippen molar-refractivity contribution >= 4 is 23.0 Å². The van der Waals surface area contributed by atoms with Crippen molar-refractivity contribution in [2.24, 2.45) is 5.92 Å². The fourth-order valence-corrected chi connectivity index (χ4v) is 3.97. The second kappa shape index (κ2) is 10.3. The van der Waals surface area contributed by atoms with Gasteiger partial charge in [-0.25, -0.2) is 14.6 Å². The van der Waals surface area contributed by atoms with Crippen LogP contribution in [0.15, 0.2) is 54.6 Å². The number of nitrogens with zero attached hydrogens (tertiary/aromatic N) is 5. The van der Waals surface area contributed by atoms with E-state index in [0.29, 0.717) is 5.82 Å². The Kier molecular flexibility index (Phi) is 7.00. The molecule has 0 aliphatic heterocycles. The maximum absolute atomic E-state index is 12.6. The lowest BCUT2D eigenvalue weighted by Crippen LogP contribution is -2.47. The SMILES string of the molecule is CCOC(=O)N(Cc1ccc2nc(-c3ccc(-c4nn[nH]n4)cc3)ccc2c1)C(C(=O)O)C(C)C. The number of ether oxygens (including phenoxy) is 1. The number of hydrogen-bond donors (Lipinski definition) is 2. The third kappa shape index (κ3) is 5.26. The summed E-state index contributed by atoms with van der Waals surface area (Å²) in [6.45, 7) is 5.51. The summed E-state index contributed by atoms with van der Waals surface area (Å²) >= 11 is 0. The molecule has 2 aromatic heterocycles. The number of hydrogen-bond acceptors (Lipinski definition) is 7. The first-order chi connectivity index (χ1) is 16.9. The van der Waals surface area contributed by atoms with Crippen LogP contribution in [0.3, 0.4) is 0 Å². The summed E-state index contributed by atoms with van der Waals surface area (Å²) in [7, 11) is 0. The van der Waals surface area contributed by atoms with Gasteiger partial charge in [0.2, 0.25) is 5.82 Å². The van der Waals surface area contributed by atoms with Crippen LogP contribution in [-0.4, -0.2) is 60.3 Å². The summed E-state index contributed by atoms with van der Waals surface area (Å²) in [5.41, 5.74) is 4.17. The van der Waals surface area contributed by atoms with E-state index in [1.165, 1.54) is 4.90 Å². The number of aromatic amines is 1. The maximum Gasteiger partial charge on any atom is 0.410 e. The molecule has 10 heteroatoms. The number of H-pyrrole nitrogens is 1. The summed E-state index contributed by atoms with van der Waals surface area (Å²) in [6.07, 6.45) is -0.647. The number of carbonyl (C=O) groups excluding carboxylic acids is 1. The Morgan fingerprint density at radius 3 is 2.43 bits per heavy atom. The van der Waals surface area contributed by atoms with Gasteiger partial charge in [0.25, 0.3) is 0 Å². The molecule has 35 heavy (non-hydrogen) atoms. The molecule has 1 atom stereocenters. The molecule has 0 spiro atoms. The molecule has 10 nitrogen and oxygen atoms in total. The number of aromatic nitrogens is 5. The van der Waals surface area contributed by atoms with Crippen LogP contribution in [0.25, 0.3) is 33.5 Å². The molecule has 1 unspecified atom stereocenters. The lowest BCUT2D eigenvalue weighted by atomic mass is 10.0. The first-order valence-electron chi connectivity index (χ1n) is 11.3. The Hall–Kier alpha value is -4.34. The van der Waals surface area contributed by atoms with Gasteiger partial charge in [-0.15, -0.1) is 10.2 Å². The summed E-state index contributed by atoms with van der Waals surface area (Å²) in [6, 6.07) is 16.2. The predicted molar refractivity (Wildman–Crippen MR) is 129 cm³/mol. The van der Waals surface area contributed by atoms with Crippen molar-refractivity contribution < 1.29 is 19.4 Å². The van der Waals surface area contributed by atoms with Crippen molar-refractivity contribution in [1.29, 1.82) is 0 Å². The van der Waals surface area contributed by atoms with Crippen LogP contribution in [-0.2, 0) is 16.1 Å². The second-order valence-electron chi connectivity index (χ2n) is 8.39. The van der Waals surface area contributed by atoms with Crippen molar-refractivity contribution in [3.05, 3.63) is 60.2 Å². The molecule has 2 N–H and O–H groups in total. The number of benzene rings is 2. The molecule has 1 amide bonds. The standard InChI is InChI=1S/C25H26N6O4/c1-4-35-25(34)31(22(15(2)3)24(32)33)14-16-5-11-21-19(13-16)10-12-20(26-21)17-6-8-18(9-7-17)23-27-29-30-28-23/h5-13,15,22H,4,14H2,1-3H3,(H,32,33)(H,27,28,29,30). The van der Waals surface area contributed by atoms with Gasteiger partial charge in [-0.05, 0) is 41.8 Å². The molecule has 4 aromatic rings. The Morgan fingerprint density at radius 2 is 1.80 bits per heavy atom. The van der Waals surface area contributed by atoms with Gasteiger partial charge >= 0.3 is 12.1 Å². The number of carbonyl (C=O) groups is 2. The van der Waals surface area contributed by atoms with Gasteiger partial charge in [0.05, 0.1) is 17.8 Å². The molecule has 0 aliphatic carbocycles. The molecule has 180 valence electrons. The Morgan fingerprint density at radius 1 is 1.06 bits per heavy atom. The fourth-order valence-electron chi connectivity index (χ4n) is 3.97. The molecule has 0 fully saturated rings. The van der Waals surface area contributed by atoms with Crippen molar-refractivity contribution in [1.82, 2.24) is 30.5 Å². The van der Waals surface area contributed by atoms with Crippen LogP contribution in [0.4, 0.5) is 4.79 Å². The van der Waals surface area contributed by atoms with Crippen LogP contribution in [0, 0.1) is 5.92 Å². The summed E-state index contributed by atoms with van der Waals surface area (Å²) in [5.74, 6) is -0.825. The molecule has 0 radical (unpaired) electrons. The normalized spacial score (nSPS) is 12.0. The van der Waals surface area contributed by atoms with Crippen LogP contribution in [0.2, 0.25) is 0 Å². The number of tetrazole rings is 1. The van der Waals surface area contributed by atoms with E-state index in [1.807, 2.05) is 54.6 Å². The van der Waals surface area contributed by atoms with E-state index >= 15 is 0 Å². The Bertz CT molecular complexity index is 1320. The molecule has 0 aliphatic rings. The van der Waals surface area contributed by atoms with E-state index in [0.717, 1.165) is 33.3 Å². The Balaban J connectivity index is 1.59. The van der Waals surface area contributed by atoms with Crippen LogP contribution >= 0.6 is 0 Å². The van der Waals surface area contributed by atoms with Crippen molar-refractivity contribution in [2.45, 2.75) is 33.4 Å². The second-order valence-corrected chi connectivity index (χ2v) is 8.39. The summed E-state index contributed by atoms with van der Waals surface area (Å²) in [5, 5.41) is 24.6. The predicted octanol–water partition coefficient (Wildman–Crippen LogP) is 4.15. The molecular weight excluding hydrogens is 448 g/mol. The van der Waals surface area contributed by atoms with E-state index in [-0.39, 0.29) is 19.1 Å². The highest BCUT2D eigenvalue weighted by atomic mass is 16.6. The van der Waals surface area contributed by atoms with Gasteiger partial charge in [0.1, 0.15) is 6.04 Å². The van der Waals surface area contributed by atoms with Gasteiger partial charge in [0, 0.05) is 23.1 Å². The number of aliphatic carboxylic acids is 1. The van der Waals surface area contributed by atoms with Gasteiger partial charge in [0.15, 0.2) is 0 Å². The van der Waals surface area contributed by atoms with E-state index in [9.17, 15) is 14.7 Å². The van der Waals surface area contributed by atoms with Crippen LogP contribution < -0.4 is 0 Å². The smallest absolute Gasteiger partial charge is 0.410 e. The third-order valence-electron chi connectivity index (χ3n) is 5.61. The highest BCUT2D eigenvalue weighted by molar-refractivity contribution is 5.83. The van der Waals surface area contributed by atoms with Crippen molar-refractivity contribution in [3.63, 3.8) is 0 Å². The highest BCUT2D eigenvalue weighted by Crippen LogP contribution is 2.25. The van der Waals surface area contributed by atoms with Gasteiger partial charge in [-0.1, -0.05) is 50.2 Å². The minimum atomic E-state index is -1.06. The zero-order chi connectivity index (χ0) is 24.9. The molecule has 2 aromatic carbocycles. The number of carboxylic acids is 1. The van der Waals surface area contributed by atoms with Gasteiger partial charge in [-0.2, -0.15) is 5.21 Å². The number of nitrogens with one attached hydrogen (secondary N) is 1. The van der Waals surface area contributed by atoms with Gasteiger partial charge < -0.3 is 9.84 Å². The largest absolute Gasteiger partial charge is 0.480 e. The average molecular weight is 475 g/mol. The molecule has 0 bridgehead atoms. The van der Waals surface area contributed by atoms with Crippen LogP contribution in [0.1, 0.15) is 26.3 Å². The molecular formula is C25H26N6O4. The minimum absolute atomic E-state index is 0.114. The van der Waals surface area contributed by atoms with Gasteiger partial charge in [-0.3, -0.25) is 4.90 Å². The number of pyridine rings is 1. The summed E-state index contributed by atoms with van der Waals surface area (Å²) in [4.78, 5) is 30.5. The zero-order valence-electron chi connectivity index (χ0n) is 19.7. The molecule has 0 saturated carbocycles. The molecule has 2 heterocycles. The maximum atomic E-state index is 12.6. The van der Waals surface area contributed by atoms with Crippen molar-refractivity contribution in [2.75, 3.05) is 6.61 Å². The number of amides is 1. The molecule has 4 rings (SSSR count). The first-order valence-corrected chi connectivity index (χ1v) is 11.3. The quantitative estimate of drug-likeness (QED) is 0.389. The van der Waals surface area contributed by atoms with E-state index < -0.39 is 18.1 Å². The van der Waals surface area contributed by atoms with E-state index in [2.05, 4.69) is 20.6 Å². The lowest BCUT2D eigenvalue weighted by Gasteiger charge is -2.30. The number of carboxylic acid groups (broad SMARTS) is 1. The minimum Gasteiger partial charge on any atom is -0.480 e. The first kappa shape index (κ1) is 23.8. The number of rotatable bonds is 8. The zero-order valence-corrected chi connectivity index (χ0v) is 19.7. The highest BCUT2D eigenvalue weighted by Gasteiger charge is 2.33. The topological polar surface area (TPSA) is 134 Å². The monoisotopic (exact) mass is 474 g/mol. The Labute approximate surface area is 201 Å². The molecule has 0 saturated heterocycles. The lowest BCUT2D eigenvalue weighted by molar-refractivity contribution is -0.144. The average Bonchev–Trinajstić information content (AvgIpc) is 3.38. The fraction of sp³-hybridized carbons (Fsp3) is 0.280. The summed E-state index contributed by atoms with van der Waals surface area (Å²) < 4.78 is 5.14.